The highest BCUT2D eigenvalue weighted by Gasteiger charge is 2.31. The molecule has 0 aliphatic carbocycles. The van der Waals surface area contributed by atoms with Crippen LogP contribution in [-0.4, -0.2) is 36.5 Å². The van der Waals surface area contributed by atoms with E-state index in [9.17, 15) is 24.6 Å². The first-order chi connectivity index (χ1) is 11.3. The first-order valence-corrected chi connectivity index (χ1v) is 7.40. The Kier molecular flexibility index (Phi) is 6.72. The molecule has 0 bridgehead atoms. The van der Waals surface area contributed by atoms with Gasteiger partial charge in [0.25, 0.3) is 0 Å². The lowest BCUT2D eigenvalue weighted by atomic mass is 9.97. The van der Waals surface area contributed by atoms with Gasteiger partial charge >= 0.3 is 0 Å². The molecule has 0 radical (unpaired) electrons. The molecule has 24 heavy (non-hydrogen) atoms. The van der Waals surface area contributed by atoms with E-state index in [4.69, 9.17) is 15.2 Å². The number of hydrogen-bond acceptors (Lipinski definition) is 8. The van der Waals surface area contributed by atoms with Crippen LogP contribution in [-0.2, 0) is 9.59 Å². The highest BCUT2D eigenvalue weighted by Crippen LogP contribution is 2.33. The van der Waals surface area contributed by atoms with E-state index in [1.807, 2.05) is 0 Å². The topological polar surface area (TPSA) is 142 Å². The standard InChI is InChI=1S/C16H21NO7/c1-3-16(4-2,15(21)22)24-12-6-5-10(11(18)8-17)7-13(12)23-9-14(19)20/h5-7H,3-4,8-9,17H2,1-2H3,(H,19,20)(H,21,22)/p-2. The predicted octanol–water partition coefficient (Wildman–Crippen LogP) is -1.36. The number of carboxylic acids is 2. The van der Waals surface area contributed by atoms with Gasteiger partial charge in [-0.2, -0.15) is 0 Å². The molecule has 2 N–H and O–H groups in total. The summed E-state index contributed by atoms with van der Waals surface area (Å²) in [6, 6.07) is 3.97. The van der Waals surface area contributed by atoms with Gasteiger partial charge in [0.15, 0.2) is 17.3 Å². The zero-order valence-electron chi connectivity index (χ0n) is 13.5. The third-order valence-corrected chi connectivity index (χ3v) is 3.62. The molecule has 1 aromatic rings. The normalized spacial score (nSPS) is 11.0. The van der Waals surface area contributed by atoms with Crippen molar-refractivity contribution in [3.05, 3.63) is 23.8 Å². The number of Topliss-reactive ketones (excluding diaryl/α,β-unsaturated/α-hetero) is 1. The van der Waals surface area contributed by atoms with E-state index in [1.165, 1.54) is 18.2 Å². The highest BCUT2D eigenvalue weighted by molar-refractivity contribution is 5.98. The van der Waals surface area contributed by atoms with Crippen molar-refractivity contribution in [2.24, 2.45) is 5.73 Å². The van der Waals surface area contributed by atoms with Crippen molar-refractivity contribution in [1.82, 2.24) is 0 Å². The Morgan fingerprint density at radius 3 is 2.21 bits per heavy atom. The maximum absolute atomic E-state index is 11.7. The number of benzene rings is 1. The Morgan fingerprint density at radius 1 is 1.12 bits per heavy atom. The van der Waals surface area contributed by atoms with Crippen molar-refractivity contribution in [3.63, 3.8) is 0 Å². The summed E-state index contributed by atoms with van der Waals surface area (Å²) < 4.78 is 10.6. The number of carboxylic acid groups (broad SMARTS) is 2. The molecule has 0 heterocycles. The summed E-state index contributed by atoms with van der Waals surface area (Å²) in [5, 5.41) is 22.0. The van der Waals surface area contributed by atoms with E-state index in [1.54, 1.807) is 13.8 Å². The van der Waals surface area contributed by atoms with Gasteiger partial charge in [0.2, 0.25) is 0 Å². The summed E-state index contributed by atoms with van der Waals surface area (Å²) in [5.41, 5.74) is 3.87. The second kappa shape index (κ2) is 8.30. The molecule has 0 aliphatic rings. The maximum Gasteiger partial charge on any atom is 0.176 e. The van der Waals surface area contributed by atoms with Gasteiger partial charge in [-0.3, -0.25) is 4.79 Å². The van der Waals surface area contributed by atoms with Crippen molar-refractivity contribution in [3.8, 4) is 11.5 Å². The molecule has 0 spiro atoms. The molecule has 0 aliphatic heterocycles. The van der Waals surface area contributed by atoms with E-state index in [-0.39, 0.29) is 36.4 Å². The van der Waals surface area contributed by atoms with Crippen LogP contribution in [0.5, 0.6) is 11.5 Å². The minimum Gasteiger partial charge on any atom is -0.546 e. The molecule has 0 aromatic heterocycles. The molecule has 1 rings (SSSR count). The lowest BCUT2D eigenvalue weighted by molar-refractivity contribution is -0.323. The molecule has 0 unspecified atom stereocenters. The molecule has 0 amide bonds. The highest BCUT2D eigenvalue weighted by atomic mass is 16.6. The molecule has 8 heteroatoms. The average molecular weight is 337 g/mol. The molecular formula is C16H19NO7-2. The number of ketones is 1. The van der Waals surface area contributed by atoms with E-state index in [0.29, 0.717) is 0 Å². The molecule has 132 valence electrons. The quantitative estimate of drug-likeness (QED) is 0.516. The van der Waals surface area contributed by atoms with Crippen LogP contribution in [0.15, 0.2) is 18.2 Å². The first kappa shape index (κ1) is 19.4. The number of ether oxygens (including phenoxy) is 2. The van der Waals surface area contributed by atoms with Crippen LogP contribution < -0.4 is 25.4 Å². The number of nitrogens with two attached hydrogens (primary N) is 1. The SMILES string of the molecule is CCC(CC)(Oc1ccc(C(=O)CN)cc1OCC(=O)[O-])C(=O)[O-]. The lowest BCUT2D eigenvalue weighted by Crippen LogP contribution is -2.51. The molecule has 0 saturated carbocycles. The average Bonchev–Trinajstić information content (AvgIpc) is 2.57. The van der Waals surface area contributed by atoms with Gasteiger partial charge in [0.05, 0.1) is 18.5 Å². The van der Waals surface area contributed by atoms with Crippen molar-refractivity contribution in [2.75, 3.05) is 13.2 Å². The van der Waals surface area contributed by atoms with Crippen molar-refractivity contribution >= 4 is 17.7 Å². The molecule has 0 fully saturated rings. The Hall–Kier alpha value is -2.61. The molecule has 0 saturated heterocycles. The van der Waals surface area contributed by atoms with Gasteiger partial charge < -0.3 is 35.0 Å². The minimum absolute atomic E-state index is 0.0160. The van der Waals surface area contributed by atoms with Crippen LogP contribution >= 0.6 is 0 Å². The smallest absolute Gasteiger partial charge is 0.176 e. The molecule has 8 nitrogen and oxygen atoms in total. The fourth-order valence-electron chi connectivity index (χ4n) is 2.07. The van der Waals surface area contributed by atoms with E-state index < -0.39 is 29.9 Å². The largest absolute Gasteiger partial charge is 0.546 e. The third kappa shape index (κ3) is 4.45. The zero-order chi connectivity index (χ0) is 18.3. The maximum atomic E-state index is 11.7. The summed E-state index contributed by atoms with van der Waals surface area (Å²) >= 11 is 0. The number of rotatable bonds is 10. The van der Waals surface area contributed by atoms with E-state index in [0.717, 1.165) is 0 Å². The van der Waals surface area contributed by atoms with Crippen LogP contribution in [0, 0.1) is 0 Å². The number of aliphatic carboxylic acids is 2. The van der Waals surface area contributed by atoms with Crippen LogP contribution in [0.1, 0.15) is 37.0 Å². The predicted molar refractivity (Wildman–Crippen MR) is 79.3 cm³/mol. The summed E-state index contributed by atoms with van der Waals surface area (Å²) in [6.45, 7) is 2.21. The van der Waals surface area contributed by atoms with Gasteiger partial charge in [0, 0.05) is 5.56 Å². The minimum atomic E-state index is -1.60. The van der Waals surface area contributed by atoms with Crippen molar-refractivity contribution in [2.45, 2.75) is 32.3 Å². The van der Waals surface area contributed by atoms with Gasteiger partial charge in [-0.15, -0.1) is 0 Å². The van der Waals surface area contributed by atoms with Crippen molar-refractivity contribution < 1.29 is 34.1 Å². The molecular weight excluding hydrogens is 318 g/mol. The Morgan fingerprint density at radius 2 is 1.75 bits per heavy atom. The zero-order valence-corrected chi connectivity index (χ0v) is 13.5. The number of hydrogen-bond donors (Lipinski definition) is 1. The third-order valence-electron chi connectivity index (χ3n) is 3.62. The van der Waals surface area contributed by atoms with Crippen LogP contribution in [0.3, 0.4) is 0 Å². The monoisotopic (exact) mass is 337 g/mol. The lowest BCUT2D eigenvalue weighted by Gasteiger charge is -2.34. The van der Waals surface area contributed by atoms with E-state index >= 15 is 0 Å². The molecule has 0 atom stereocenters. The molecule has 1 aromatic carbocycles. The number of carbonyl (C=O) groups excluding carboxylic acids is 3. The summed E-state index contributed by atoms with van der Waals surface area (Å²) in [6.07, 6.45) is 0.241. The fourth-order valence-corrected chi connectivity index (χ4v) is 2.07. The Bertz CT molecular complexity index is 623. The van der Waals surface area contributed by atoms with Crippen LogP contribution in [0.25, 0.3) is 0 Å². The van der Waals surface area contributed by atoms with Crippen molar-refractivity contribution in [1.29, 1.82) is 0 Å². The first-order valence-electron chi connectivity index (χ1n) is 7.40. The van der Waals surface area contributed by atoms with Crippen LogP contribution in [0.4, 0.5) is 0 Å². The van der Waals surface area contributed by atoms with E-state index in [2.05, 4.69) is 0 Å². The summed E-state index contributed by atoms with van der Waals surface area (Å²) in [4.78, 5) is 33.7. The summed E-state index contributed by atoms with van der Waals surface area (Å²) in [5.74, 6) is -3.38. The van der Waals surface area contributed by atoms with Crippen LogP contribution in [0.2, 0.25) is 0 Å². The fraction of sp³-hybridized carbons (Fsp3) is 0.438. The second-order valence-corrected chi connectivity index (χ2v) is 5.04. The van der Waals surface area contributed by atoms with Gasteiger partial charge in [-0.1, -0.05) is 13.8 Å². The van der Waals surface area contributed by atoms with Gasteiger partial charge in [0.1, 0.15) is 12.2 Å². The van der Waals surface area contributed by atoms with Gasteiger partial charge in [-0.25, -0.2) is 0 Å². The Labute approximate surface area is 139 Å². The Balaban J connectivity index is 3.26. The second-order valence-electron chi connectivity index (χ2n) is 5.04. The number of carbonyl (C=O) groups is 3. The summed E-state index contributed by atoms with van der Waals surface area (Å²) in [7, 11) is 0. The van der Waals surface area contributed by atoms with Gasteiger partial charge in [-0.05, 0) is 31.0 Å².